The number of rotatable bonds is 7. The molecule has 0 amide bonds. The zero-order chi connectivity index (χ0) is 16.9. The smallest absolute Gasteiger partial charge is 0.392 e. The number of phosphoric ester groups is 1. The van der Waals surface area contributed by atoms with Crippen LogP contribution < -0.4 is 0 Å². The summed E-state index contributed by atoms with van der Waals surface area (Å²) >= 11 is 0. The van der Waals surface area contributed by atoms with Crippen LogP contribution in [0.5, 0.6) is 0 Å². The van der Waals surface area contributed by atoms with E-state index in [2.05, 4.69) is 0 Å². The van der Waals surface area contributed by atoms with Crippen molar-refractivity contribution < 1.29 is 23.6 Å². The van der Waals surface area contributed by atoms with E-state index >= 15 is 0 Å². The van der Waals surface area contributed by atoms with Crippen LogP contribution >= 0.6 is 7.82 Å². The summed E-state index contributed by atoms with van der Waals surface area (Å²) in [6.07, 6.45) is -0.382. The van der Waals surface area contributed by atoms with Crippen molar-refractivity contribution >= 4 is 7.82 Å². The molecule has 124 valence electrons. The number of phosphoric acid groups is 1. The predicted octanol–water partition coefficient (Wildman–Crippen LogP) is 3.89. The third kappa shape index (κ3) is 5.57. The van der Waals surface area contributed by atoms with Crippen molar-refractivity contribution in [2.45, 2.75) is 33.2 Å². The number of hydrogen-bond acceptors (Lipinski definition) is 4. The van der Waals surface area contributed by atoms with Crippen molar-refractivity contribution in [1.29, 1.82) is 0 Å². The zero-order valence-corrected chi connectivity index (χ0v) is 14.1. The average molecular weight is 336 g/mol. The second-order valence-electron chi connectivity index (χ2n) is 5.45. The van der Waals surface area contributed by atoms with E-state index in [9.17, 15) is 14.6 Å². The summed E-state index contributed by atoms with van der Waals surface area (Å²) in [6.45, 7) is 3.34. The van der Waals surface area contributed by atoms with Crippen molar-refractivity contribution in [1.82, 2.24) is 0 Å². The first-order valence-corrected chi connectivity index (χ1v) is 8.84. The molecule has 0 saturated carbocycles. The molecule has 0 fully saturated rings. The molecular formula is C17H21O5P. The molecule has 0 aliphatic heterocycles. The topological polar surface area (TPSA) is 76.0 Å². The molecule has 2 rings (SSSR count). The van der Waals surface area contributed by atoms with Gasteiger partial charge in [0.25, 0.3) is 0 Å². The normalized spacial score (nSPS) is 14.0. The van der Waals surface area contributed by atoms with E-state index in [0.29, 0.717) is 0 Å². The van der Waals surface area contributed by atoms with Gasteiger partial charge in [-0.1, -0.05) is 42.5 Å². The Labute approximate surface area is 136 Å². The molecule has 5 nitrogen and oxygen atoms in total. The van der Waals surface area contributed by atoms with Gasteiger partial charge in [0.15, 0.2) is 0 Å². The summed E-state index contributed by atoms with van der Waals surface area (Å²) < 4.78 is 21.5. The number of benzene rings is 2. The van der Waals surface area contributed by atoms with Crippen LogP contribution in [0, 0.1) is 0 Å². The van der Waals surface area contributed by atoms with E-state index < -0.39 is 7.82 Å². The SMILES string of the molecule is CC(C)OP(=O)(O)OCc1ccc(-c2cccc(CO)c2)cc1. The Morgan fingerprint density at radius 3 is 2.35 bits per heavy atom. The van der Waals surface area contributed by atoms with Crippen molar-refractivity contribution in [3.8, 4) is 11.1 Å². The van der Waals surface area contributed by atoms with Crippen molar-refractivity contribution in [2.24, 2.45) is 0 Å². The first kappa shape index (κ1) is 17.9. The molecule has 0 aromatic heterocycles. The maximum absolute atomic E-state index is 11.6. The van der Waals surface area contributed by atoms with Crippen LogP contribution in [-0.2, 0) is 26.8 Å². The van der Waals surface area contributed by atoms with E-state index in [4.69, 9.17) is 9.05 Å². The first-order chi connectivity index (χ1) is 10.9. The van der Waals surface area contributed by atoms with Crippen LogP contribution in [0.15, 0.2) is 48.5 Å². The Hall–Kier alpha value is -1.49. The molecule has 2 aromatic rings. The zero-order valence-electron chi connectivity index (χ0n) is 13.2. The fourth-order valence-electron chi connectivity index (χ4n) is 2.10. The minimum atomic E-state index is -4.02. The van der Waals surface area contributed by atoms with Gasteiger partial charge in [0.2, 0.25) is 0 Å². The minimum absolute atomic E-state index is 0.00139. The molecule has 1 atom stereocenters. The van der Waals surface area contributed by atoms with Crippen LogP contribution in [0.25, 0.3) is 11.1 Å². The molecule has 2 N–H and O–H groups in total. The summed E-state index contributed by atoms with van der Waals surface area (Å²) in [6, 6.07) is 15.1. The van der Waals surface area contributed by atoms with Crippen molar-refractivity contribution in [2.75, 3.05) is 0 Å². The quantitative estimate of drug-likeness (QED) is 0.750. The van der Waals surface area contributed by atoms with Crippen molar-refractivity contribution in [3.63, 3.8) is 0 Å². The fraction of sp³-hybridized carbons (Fsp3) is 0.294. The second-order valence-corrected chi connectivity index (χ2v) is 6.86. The molecule has 0 radical (unpaired) electrons. The molecule has 6 heteroatoms. The van der Waals surface area contributed by atoms with E-state index in [-0.39, 0.29) is 19.3 Å². The summed E-state index contributed by atoms with van der Waals surface area (Å²) in [5.74, 6) is 0. The standard InChI is InChI=1S/C17H21O5P/c1-13(2)22-23(19,20)21-12-14-6-8-16(9-7-14)17-5-3-4-15(10-17)11-18/h3-10,13,18H,11-12H2,1-2H3,(H,19,20). The van der Waals surface area contributed by atoms with Crippen molar-refractivity contribution in [3.05, 3.63) is 59.7 Å². The number of aliphatic hydroxyl groups excluding tert-OH is 1. The highest BCUT2D eigenvalue weighted by Crippen LogP contribution is 2.45. The van der Waals surface area contributed by atoms with Crippen LogP contribution in [0.2, 0.25) is 0 Å². The van der Waals surface area contributed by atoms with Crippen LogP contribution in [0.4, 0.5) is 0 Å². The van der Waals surface area contributed by atoms with Gasteiger partial charge in [-0.2, -0.15) is 0 Å². The molecule has 0 bridgehead atoms. The third-order valence-electron chi connectivity index (χ3n) is 3.14. The highest BCUT2D eigenvalue weighted by atomic mass is 31.2. The molecule has 0 saturated heterocycles. The first-order valence-electron chi connectivity index (χ1n) is 7.34. The van der Waals surface area contributed by atoms with E-state index in [1.165, 1.54) is 0 Å². The van der Waals surface area contributed by atoms with E-state index in [1.54, 1.807) is 13.8 Å². The lowest BCUT2D eigenvalue weighted by molar-refractivity contribution is 0.116. The highest BCUT2D eigenvalue weighted by Gasteiger charge is 2.22. The largest absolute Gasteiger partial charge is 0.472 e. The summed E-state index contributed by atoms with van der Waals surface area (Å²) in [5.41, 5.74) is 3.62. The predicted molar refractivity (Wildman–Crippen MR) is 88.6 cm³/mol. The Bertz CT molecular complexity index is 682. The maximum Gasteiger partial charge on any atom is 0.472 e. The lowest BCUT2D eigenvalue weighted by Crippen LogP contribution is -2.02. The number of aliphatic hydroxyl groups is 1. The fourth-order valence-corrected chi connectivity index (χ4v) is 3.00. The highest BCUT2D eigenvalue weighted by molar-refractivity contribution is 7.47. The molecule has 0 heterocycles. The van der Waals surface area contributed by atoms with Gasteiger partial charge in [0, 0.05) is 0 Å². The van der Waals surface area contributed by atoms with Gasteiger partial charge in [-0.05, 0) is 42.2 Å². The summed E-state index contributed by atoms with van der Waals surface area (Å²) in [5, 5.41) is 9.18. The van der Waals surface area contributed by atoms with Gasteiger partial charge < -0.3 is 10.00 Å². The second kappa shape index (κ2) is 7.86. The molecule has 0 spiro atoms. The van der Waals surface area contributed by atoms with Crippen LogP contribution in [0.3, 0.4) is 0 Å². The van der Waals surface area contributed by atoms with Gasteiger partial charge in [0.05, 0.1) is 19.3 Å². The van der Waals surface area contributed by atoms with Crippen LogP contribution in [-0.4, -0.2) is 16.1 Å². The summed E-state index contributed by atoms with van der Waals surface area (Å²) in [4.78, 5) is 9.52. The van der Waals surface area contributed by atoms with E-state index in [1.807, 2.05) is 48.5 Å². The number of hydrogen-bond donors (Lipinski definition) is 2. The van der Waals surface area contributed by atoms with Gasteiger partial charge in [0.1, 0.15) is 0 Å². The molecule has 2 aromatic carbocycles. The average Bonchev–Trinajstić information content (AvgIpc) is 2.52. The molecule has 23 heavy (non-hydrogen) atoms. The van der Waals surface area contributed by atoms with Gasteiger partial charge in [-0.3, -0.25) is 9.05 Å². The lowest BCUT2D eigenvalue weighted by atomic mass is 10.0. The van der Waals surface area contributed by atoms with Crippen LogP contribution in [0.1, 0.15) is 25.0 Å². The Morgan fingerprint density at radius 2 is 1.74 bits per heavy atom. The third-order valence-corrected chi connectivity index (χ3v) is 4.28. The Balaban J connectivity index is 2.03. The maximum atomic E-state index is 11.6. The monoisotopic (exact) mass is 336 g/mol. The Morgan fingerprint density at radius 1 is 1.04 bits per heavy atom. The Kier molecular flexibility index (Phi) is 6.10. The van der Waals surface area contributed by atoms with Gasteiger partial charge in [-0.25, -0.2) is 4.57 Å². The van der Waals surface area contributed by atoms with Gasteiger partial charge >= 0.3 is 7.82 Å². The lowest BCUT2D eigenvalue weighted by Gasteiger charge is -2.14. The minimum Gasteiger partial charge on any atom is -0.392 e. The van der Waals surface area contributed by atoms with Gasteiger partial charge in [-0.15, -0.1) is 0 Å². The molecule has 1 unspecified atom stereocenters. The molecule has 0 aliphatic rings. The molecule has 0 aliphatic carbocycles. The van der Waals surface area contributed by atoms with E-state index in [0.717, 1.165) is 22.3 Å². The summed E-state index contributed by atoms with van der Waals surface area (Å²) in [7, 11) is -4.02. The molecular weight excluding hydrogens is 315 g/mol.